The molecule has 3 aromatic rings. The molecule has 0 unspecified atom stereocenters. The molecule has 0 saturated carbocycles. The lowest BCUT2D eigenvalue weighted by atomic mass is 10.0. The van der Waals surface area contributed by atoms with Crippen LogP contribution in [0.4, 0.5) is 0 Å². The van der Waals surface area contributed by atoms with E-state index in [9.17, 15) is 16.8 Å². The van der Waals surface area contributed by atoms with Gasteiger partial charge in [0.1, 0.15) is 0 Å². The van der Waals surface area contributed by atoms with Gasteiger partial charge in [-0.1, -0.05) is 12.1 Å². The molecule has 26 heavy (non-hydrogen) atoms. The summed E-state index contributed by atoms with van der Waals surface area (Å²) in [4.78, 5) is 8.53. The zero-order valence-electron chi connectivity index (χ0n) is 13.0. The summed E-state index contributed by atoms with van der Waals surface area (Å²) in [7, 11) is -8.54. The minimum absolute atomic E-state index is 0.474. The van der Waals surface area contributed by atoms with Crippen molar-refractivity contribution in [3.8, 4) is 0 Å². The number of nitrogens with zero attached hydrogens (tertiary/aromatic N) is 2. The molecule has 0 aliphatic heterocycles. The average Bonchev–Trinajstić information content (AvgIpc) is 2.56. The maximum absolute atomic E-state index is 10.9. The first kappa shape index (κ1) is 18.1. The van der Waals surface area contributed by atoms with Crippen LogP contribution in [0.5, 0.6) is 0 Å². The van der Waals surface area contributed by atoms with Crippen LogP contribution in [0.3, 0.4) is 0 Å². The first-order valence-electron chi connectivity index (χ1n) is 7.12. The van der Waals surface area contributed by atoms with Crippen LogP contribution in [0.25, 0.3) is 34.0 Å². The van der Waals surface area contributed by atoms with Crippen molar-refractivity contribution in [1.82, 2.24) is 9.97 Å². The molecule has 0 bridgehead atoms. The molecule has 2 aromatic heterocycles. The molecule has 1 aromatic carbocycles. The van der Waals surface area contributed by atoms with E-state index < -0.39 is 20.2 Å². The van der Waals surface area contributed by atoms with Gasteiger partial charge in [-0.2, -0.15) is 16.8 Å². The standard InChI is InChI=1S/C16H12N2O6S2/c19-25(20,21)9-5-11-3-7-17-15-13(11)1-2-14-12(4-8-18-16(14)15)6-10-26(22,23)24/h1-10H,(H,19,20,21)(H,22,23,24)/b9-5-,10-6-. The van der Waals surface area contributed by atoms with Gasteiger partial charge in [0.2, 0.25) is 0 Å². The summed E-state index contributed by atoms with van der Waals surface area (Å²) in [5.74, 6) is 0. The molecule has 8 nitrogen and oxygen atoms in total. The Morgan fingerprint density at radius 2 is 1.08 bits per heavy atom. The third-order valence-corrected chi connectivity index (χ3v) is 4.49. The minimum Gasteiger partial charge on any atom is -0.282 e. The number of hydrogen-bond acceptors (Lipinski definition) is 6. The van der Waals surface area contributed by atoms with Crippen LogP contribution in [0, 0.1) is 0 Å². The normalized spacial score (nSPS) is 13.3. The van der Waals surface area contributed by atoms with Crippen LogP contribution in [0.1, 0.15) is 11.1 Å². The second-order valence-electron chi connectivity index (χ2n) is 5.29. The Morgan fingerprint density at radius 3 is 1.42 bits per heavy atom. The summed E-state index contributed by atoms with van der Waals surface area (Å²) in [5.41, 5.74) is 1.97. The summed E-state index contributed by atoms with van der Waals surface area (Å²) in [6.45, 7) is 0. The van der Waals surface area contributed by atoms with Crippen molar-refractivity contribution in [2.45, 2.75) is 0 Å². The van der Waals surface area contributed by atoms with Gasteiger partial charge < -0.3 is 0 Å². The van der Waals surface area contributed by atoms with Crippen LogP contribution in [0.15, 0.2) is 47.5 Å². The van der Waals surface area contributed by atoms with Crippen molar-refractivity contribution in [3.05, 3.63) is 58.6 Å². The zero-order chi connectivity index (χ0) is 18.9. The Morgan fingerprint density at radius 1 is 0.692 bits per heavy atom. The molecule has 0 aliphatic carbocycles. The topological polar surface area (TPSA) is 135 Å². The van der Waals surface area contributed by atoms with Gasteiger partial charge in [-0.15, -0.1) is 0 Å². The SMILES string of the molecule is O=S(=O)(O)/C=C\c1ccnc2c1ccc1c(/C=C\S(=O)(=O)O)ccnc12. The van der Waals surface area contributed by atoms with Crippen molar-refractivity contribution in [3.63, 3.8) is 0 Å². The quantitative estimate of drug-likeness (QED) is 0.511. The molecule has 10 heteroatoms. The third kappa shape index (κ3) is 4.11. The van der Waals surface area contributed by atoms with E-state index in [1.807, 2.05) is 0 Å². The van der Waals surface area contributed by atoms with Gasteiger partial charge in [-0.05, 0) is 35.4 Å². The van der Waals surface area contributed by atoms with E-state index in [1.54, 1.807) is 24.3 Å². The van der Waals surface area contributed by atoms with E-state index in [0.29, 0.717) is 43.7 Å². The largest absolute Gasteiger partial charge is 0.287 e. The van der Waals surface area contributed by atoms with E-state index in [2.05, 4.69) is 9.97 Å². The summed E-state index contributed by atoms with van der Waals surface area (Å²) < 4.78 is 61.4. The van der Waals surface area contributed by atoms with Crippen LogP contribution >= 0.6 is 0 Å². The highest BCUT2D eigenvalue weighted by molar-refractivity contribution is 7.89. The fourth-order valence-corrected chi connectivity index (χ4v) is 3.12. The maximum atomic E-state index is 10.9. The zero-order valence-corrected chi connectivity index (χ0v) is 14.6. The molecule has 0 atom stereocenters. The number of fused-ring (bicyclic) bond motifs is 3. The molecule has 134 valence electrons. The molecule has 2 N–H and O–H groups in total. The number of hydrogen-bond donors (Lipinski definition) is 2. The Labute approximate surface area is 149 Å². The smallest absolute Gasteiger partial charge is 0.282 e. The first-order chi connectivity index (χ1) is 12.1. The molecule has 3 rings (SSSR count). The van der Waals surface area contributed by atoms with Gasteiger partial charge >= 0.3 is 0 Å². The van der Waals surface area contributed by atoms with Crippen molar-refractivity contribution < 1.29 is 25.9 Å². The lowest BCUT2D eigenvalue weighted by Crippen LogP contribution is -1.92. The molecule has 0 amide bonds. The van der Waals surface area contributed by atoms with Gasteiger partial charge in [-0.3, -0.25) is 19.1 Å². The second-order valence-corrected chi connectivity index (χ2v) is 7.90. The van der Waals surface area contributed by atoms with E-state index >= 15 is 0 Å². The monoisotopic (exact) mass is 392 g/mol. The summed E-state index contributed by atoms with van der Waals surface area (Å²) in [5, 5.41) is 2.54. The molecule has 2 heterocycles. The Balaban J connectivity index is 2.25. The predicted molar refractivity (Wildman–Crippen MR) is 98.2 cm³/mol. The molecule has 0 fully saturated rings. The van der Waals surface area contributed by atoms with Crippen molar-refractivity contribution in [2.75, 3.05) is 0 Å². The molecule has 0 aliphatic rings. The molecule has 0 spiro atoms. The van der Waals surface area contributed by atoms with Gasteiger partial charge in [0, 0.05) is 23.2 Å². The highest BCUT2D eigenvalue weighted by Crippen LogP contribution is 2.28. The maximum Gasteiger partial charge on any atom is 0.287 e. The molecule has 0 radical (unpaired) electrons. The lowest BCUT2D eigenvalue weighted by Gasteiger charge is -2.07. The number of benzene rings is 1. The summed E-state index contributed by atoms with van der Waals surface area (Å²) >= 11 is 0. The van der Waals surface area contributed by atoms with Crippen molar-refractivity contribution >= 4 is 54.2 Å². The van der Waals surface area contributed by atoms with Crippen LogP contribution in [-0.4, -0.2) is 35.9 Å². The minimum atomic E-state index is -4.27. The summed E-state index contributed by atoms with van der Waals surface area (Å²) in [6, 6.07) is 6.53. The Bertz CT molecular complexity index is 1180. The lowest BCUT2D eigenvalue weighted by molar-refractivity contribution is 0.492. The van der Waals surface area contributed by atoms with E-state index in [4.69, 9.17) is 9.11 Å². The van der Waals surface area contributed by atoms with Crippen molar-refractivity contribution in [2.24, 2.45) is 0 Å². The van der Waals surface area contributed by atoms with Crippen LogP contribution < -0.4 is 0 Å². The van der Waals surface area contributed by atoms with Gasteiger partial charge in [0.25, 0.3) is 20.2 Å². The molecular weight excluding hydrogens is 380 g/mol. The number of pyridine rings is 2. The van der Waals surface area contributed by atoms with E-state index in [1.165, 1.54) is 24.5 Å². The van der Waals surface area contributed by atoms with Crippen molar-refractivity contribution in [1.29, 1.82) is 0 Å². The fourth-order valence-electron chi connectivity index (χ4n) is 2.48. The van der Waals surface area contributed by atoms with Crippen LogP contribution in [0.2, 0.25) is 0 Å². The van der Waals surface area contributed by atoms with Crippen LogP contribution in [-0.2, 0) is 20.2 Å². The first-order valence-corrected chi connectivity index (χ1v) is 10.1. The fraction of sp³-hybridized carbons (Fsp3) is 0. The summed E-state index contributed by atoms with van der Waals surface area (Å²) in [6.07, 6.45) is 5.42. The highest BCUT2D eigenvalue weighted by atomic mass is 32.2. The highest BCUT2D eigenvalue weighted by Gasteiger charge is 2.09. The Kier molecular flexibility index (Phi) is 4.59. The number of aromatic nitrogens is 2. The second kappa shape index (κ2) is 6.57. The molecule has 0 saturated heterocycles. The molecular formula is C16H12N2O6S2. The third-order valence-electron chi connectivity index (χ3n) is 3.53. The Hall–Kier alpha value is -2.66. The van der Waals surface area contributed by atoms with Gasteiger partial charge in [0.05, 0.1) is 21.8 Å². The van der Waals surface area contributed by atoms with Gasteiger partial charge in [-0.25, -0.2) is 0 Å². The number of rotatable bonds is 4. The average molecular weight is 392 g/mol. The van der Waals surface area contributed by atoms with E-state index in [0.717, 1.165) is 0 Å². The van der Waals surface area contributed by atoms with E-state index in [-0.39, 0.29) is 0 Å². The van der Waals surface area contributed by atoms with Gasteiger partial charge in [0.15, 0.2) is 0 Å². The predicted octanol–water partition coefficient (Wildman–Crippen LogP) is 2.50.